The van der Waals surface area contributed by atoms with E-state index in [-0.39, 0.29) is 18.0 Å². The first-order valence-corrected chi connectivity index (χ1v) is 14.7. The Morgan fingerprint density at radius 3 is 2.28 bits per heavy atom. The zero-order chi connectivity index (χ0) is 28.2. The molecule has 0 radical (unpaired) electrons. The number of nitrogens with zero attached hydrogens (tertiary/aromatic N) is 3. The lowest BCUT2D eigenvalue weighted by Crippen LogP contribution is -2.38. The van der Waals surface area contributed by atoms with E-state index in [2.05, 4.69) is 6.92 Å². The summed E-state index contributed by atoms with van der Waals surface area (Å²) in [5, 5.41) is 10.7. The average Bonchev–Trinajstić information content (AvgIpc) is 2.95. The SMILES string of the molecule is CCCCCCCN(C(=O)Cn1c(CC)nc(-c2ccccc2)cc1=O)c1ccc(SC(CC)C(=O)[O-])cc1. The smallest absolute Gasteiger partial charge is 0.254 e. The second-order valence-corrected chi connectivity index (χ2v) is 10.8. The first-order chi connectivity index (χ1) is 18.9. The number of amides is 1. The molecule has 1 aromatic heterocycles. The van der Waals surface area contributed by atoms with Gasteiger partial charge in [-0.15, -0.1) is 11.8 Å². The largest absolute Gasteiger partial charge is 0.549 e. The van der Waals surface area contributed by atoms with Gasteiger partial charge in [-0.2, -0.15) is 0 Å². The Labute approximate surface area is 235 Å². The fourth-order valence-corrected chi connectivity index (χ4v) is 5.29. The number of benzene rings is 2. The van der Waals surface area contributed by atoms with Gasteiger partial charge in [-0.25, -0.2) is 4.98 Å². The summed E-state index contributed by atoms with van der Waals surface area (Å²) in [6, 6.07) is 18.4. The van der Waals surface area contributed by atoms with Gasteiger partial charge < -0.3 is 14.8 Å². The maximum absolute atomic E-state index is 13.7. The Balaban J connectivity index is 1.84. The van der Waals surface area contributed by atoms with E-state index in [1.54, 1.807) is 4.90 Å². The molecule has 39 heavy (non-hydrogen) atoms. The molecule has 0 saturated carbocycles. The van der Waals surface area contributed by atoms with Crippen LogP contribution in [0.5, 0.6) is 0 Å². The monoisotopic (exact) mass is 548 g/mol. The molecule has 1 atom stereocenters. The van der Waals surface area contributed by atoms with Crippen LogP contribution in [0.25, 0.3) is 11.3 Å². The Hall–Kier alpha value is -3.39. The molecule has 1 heterocycles. The van der Waals surface area contributed by atoms with Crippen LogP contribution in [0.1, 0.15) is 65.1 Å². The van der Waals surface area contributed by atoms with Crippen molar-refractivity contribution in [2.24, 2.45) is 0 Å². The summed E-state index contributed by atoms with van der Waals surface area (Å²) in [6.45, 7) is 6.35. The summed E-state index contributed by atoms with van der Waals surface area (Å²) in [5.41, 5.74) is 1.93. The standard InChI is InChI=1S/C31H39N3O4S/c1-4-7-8-9-13-20-33(24-16-18-25(19-17-24)39-27(5-2)31(37)38)30(36)22-34-28(6-3)32-26(21-29(34)35)23-14-11-10-12-15-23/h10-12,14-19,21,27H,4-9,13,20,22H2,1-3H3,(H,37,38)/p-1. The molecule has 208 valence electrons. The number of hydrogen-bond acceptors (Lipinski definition) is 6. The minimum absolute atomic E-state index is 0.0991. The van der Waals surface area contributed by atoms with Crippen molar-refractivity contribution in [2.75, 3.05) is 11.4 Å². The van der Waals surface area contributed by atoms with E-state index in [9.17, 15) is 19.5 Å². The lowest BCUT2D eigenvalue weighted by Gasteiger charge is -2.24. The summed E-state index contributed by atoms with van der Waals surface area (Å²) in [4.78, 5) is 45.4. The number of aliphatic carboxylic acids is 1. The molecule has 8 heteroatoms. The zero-order valence-electron chi connectivity index (χ0n) is 23.1. The lowest BCUT2D eigenvalue weighted by molar-refractivity contribution is -0.304. The first kappa shape index (κ1) is 30.2. The number of aromatic nitrogens is 2. The van der Waals surface area contributed by atoms with Gasteiger partial charge in [0.15, 0.2) is 0 Å². The fourth-order valence-electron chi connectivity index (χ4n) is 4.41. The minimum Gasteiger partial charge on any atom is -0.549 e. The fraction of sp³-hybridized carbons (Fsp3) is 0.419. The molecule has 0 aliphatic carbocycles. The molecule has 0 fully saturated rings. The van der Waals surface area contributed by atoms with Crippen LogP contribution >= 0.6 is 11.8 Å². The molecule has 2 aromatic carbocycles. The summed E-state index contributed by atoms with van der Waals surface area (Å²) >= 11 is 1.24. The zero-order valence-corrected chi connectivity index (χ0v) is 23.9. The Bertz CT molecular complexity index is 1280. The molecule has 3 rings (SSSR count). The van der Waals surface area contributed by atoms with Crippen LogP contribution in [-0.2, 0) is 22.6 Å². The maximum Gasteiger partial charge on any atom is 0.254 e. The quantitative estimate of drug-likeness (QED) is 0.194. The second-order valence-electron chi connectivity index (χ2n) is 9.49. The normalized spacial score (nSPS) is 11.8. The number of hydrogen-bond donors (Lipinski definition) is 0. The average molecular weight is 549 g/mol. The van der Waals surface area contributed by atoms with Gasteiger partial charge in [0.2, 0.25) is 5.91 Å². The molecule has 1 unspecified atom stereocenters. The predicted molar refractivity (Wildman–Crippen MR) is 156 cm³/mol. The number of anilines is 1. The Morgan fingerprint density at radius 1 is 0.974 bits per heavy atom. The second kappa shape index (κ2) is 15.3. The van der Waals surface area contributed by atoms with Crippen molar-refractivity contribution in [3.05, 3.63) is 76.8 Å². The molecule has 0 aliphatic rings. The van der Waals surface area contributed by atoms with Crippen LogP contribution in [-0.4, -0.2) is 33.2 Å². The first-order valence-electron chi connectivity index (χ1n) is 13.8. The summed E-state index contributed by atoms with van der Waals surface area (Å²) in [6.07, 6.45) is 6.26. The Morgan fingerprint density at radius 2 is 1.67 bits per heavy atom. The van der Waals surface area contributed by atoms with Crippen LogP contribution in [0.15, 0.2) is 70.4 Å². The van der Waals surface area contributed by atoms with Crippen molar-refractivity contribution in [3.8, 4) is 11.3 Å². The number of carbonyl (C=O) groups is 2. The lowest BCUT2D eigenvalue weighted by atomic mass is 10.1. The van der Waals surface area contributed by atoms with E-state index in [0.717, 1.165) is 48.3 Å². The van der Waals surface area contributed by atoms with Crippen molar-refractivity contribution in [2.45, 2.75) is 82.4 Å². The minimum atomic E-state index is -1.08. The topological polar surface area (TPSA) is 95.3 Å². The van der Waals surface area contributed by atoms with E-state index < -0.39 is 11.2 Å². The summed E-state index contributed by atoms with van der Waals surface area (Å²) in [5.74, 6) is -0.699. The van der Waals surface area contributed by atoms with Gasteiger partial charge in [0.05, 0.1) is 11.7 Å². The van der Waals surface area contributed by atoms with Crippen molar-refractivity contribution < 1.29 is 14.7 Å². The van der Waals surface area contributed by atoms with Crippen molar-refractivity contribution in [3.63, 3.8) is 0 Å². The molecule has 0 spiro atoms. The van der Waals surface area contributed by atoms with Gasteiger partial charge in [-0.1, -0.05) is 76.8 Å². The summed E-state index contributed by atoms with van der Waals surface area (Å²) in [7, 11) is 0. The Kier molecular flexibility index (Phi) is 11.8. The molecule has 0 saturated heterocycles. The predicted octanol–water partition coefficient (Wildman–Crippen LogP) is 5.10. The van der Waals surface area contributed by atoms with Crippen LogP contribution < -0.4 is 15.6 Å². The van der Waals surface area contributed by atoms with Crippen molar-refractivity contribution in [1.82, 2.24) is 9.55 Å². The van der Waals surface area contributed by atoms with Gasteiger partial charge in [0.1, 0.15) is 12.4 Å². The van der Waals surface area contributed by atoms with E-state index in [1.165, 1.54) is 22.4 Å². The highest BCUT2D eigenvalue weighted by Gasteiger charge is 2.20. The maximum atomic E-state index is 13.7. The van der Waals surface area contributed by atoms with Gasteiger partial charge in [0.25, 0.3) is 5.56 Å². The van der Waals surface area contributed by atoms with Crippen LogP contribution in [0, 0.1) is 0 Å². The van der Waals surface area contributed by atoms with Crippen LogP contribution in [0.3, 0.4) is 0 Å². The molecule has 3 aromatic rings. The molecule has 1 amide bonds. The highest BCUT2D eigenvalue weighted by atomic mass is 32.2. The third-order valence-corrected chi connectivity index (χ3v) is 7.97. The third-order valence-electron chi connectivity index (χ3n) is 6.61. The van der Waals surface area contributed by atoms with Gasteiger partial charge in [-0.05, 0) is 37.1 Å². The van der Waals surface area contributed by atoms with Crippen LogP contribution in [0.4, 0.5) is 5.69 Å². The molecule has 0 bridgehead atoms. The van der Waals surface area contributed by atoms with Crippen LogP contribution in [0.2, 0.25) is 0 Å². The highest BCUT2D eigenvalue weighted by Crippen LogP contribution is 2.28. The molecular weight excluding hydrogens is 510 g/mol. The number of carboxylic acid groups (broad SMARTS) is 1. The van der Waals surface area contributed by atoms with E-state index in [0.29, 0.717) is 30.9 Å². The number of carboxylic acids is 1. The number of carbonyl (C=O) groups excluding carboxylic acids is 2. The van der Waals surface area contributed by atoms with E-state index in [1.807, 2.05) is 68.4 Å². The van der Waals surface area contributed by atoms with E-state index >= 15 is 0 Å². The van der Waals surface area contributed by atoms with Gasteiger partial charge in [0, 0.05) is 40.4 Å². The van der Waals surface area contributed by atoms with Gasteiger partial charge in [-0.3, -0.25) is 14.2 Å². The van der Waals surface area contributed by atoms with E-state index in [4.69, 9.17) is 4.98 Å². The number of thioether (sulfide) groups is 1. The number of unbranched alkanes of at least 4 members (excludes halogenated alkanes) is 4. The molecule has 0 N–H and O–H groups in total. The van der Waals surface area contributed by atoms with Crippen molar-refractivity contribution in [1.29, 1.82) is 0 Å². The molecular formula is C31H38N3O4S-. The molecule has 7 nitrogen and oxygen atoms in total. The number of rotatable bonds is 15. The number of aryl methyl sites for hydroxylation is 1. The van der Waals surface area contributed by atoms with Gasteiger partial charge >= 0.3 is 0 Å². The molecule has 0 aliphatic heterocycles. The highest BCUT2D eigenvalue weighted by molar-refractivity contribution is 8.00. The summed E-state index contributed by atoms with van der Waals surface area (Å²) < 4.78 is 1.47. The van der Waals surface area contributed by atoms with Crippen molar-refractivity contribution >= 4 is 29.3 Å². The third kappa shape index (κ3) is 8.55.